The molecule has 0 unspecified atom stereocenters. The van der Waals surface area contributed by atoms with Gasteiger partial charge in [-0.2, -0.15) is 0 Å². The van der Waals surface area contributed by atoms with Gasteiger partial charge >= 0.3 is 0 Å². The first-order valence-corrected chi connectivity index (χ1v) is 4.51. The summed E-state index contributed by atoms with van der Waals surface area (Å²) < 4.78 is 2.15. The highest BCUT2D eigenvalue weighted by molar-refractivity contribution is 5.85. The zero-order chi connectivity index (χ0) is 8.97. The molecular formula is C10H19ClN2. The van der Waals surface area contributed by atoms with Gasteiger partial charge in [-0.05, 0) is 24.6 Å². The average Bonchev–Trinajstić information content (AvgIpc) is 2.36. The van der Waals surface area contributed by atoms with Crippen LogP contribution in [0.5, 0.6) is 0 Å². The second-order valence-corrected chi connectivity index (χ2v) is 3.64. The first kappa shape index (κ1) is 12.5. The Morgan fingerprint density at radius 1 is 1.46 bits per heavy atom. The van der Waals surface area contributed by atoms with Crippen LogP contribution in [0.25, 0.3) is 0 Å². The fourth-order valence-corrected chi connectivity index (χ4v) is 1.17. The van der Waals surface area contributed by atoms with Gasteiger partial charge in [-0.3, -0.25) is 0 Å². The molecule has 0 radical (unpaired) electrons. The first-order chi connectivity index (χ1) is 5.70. The second kappa shape index (κ2) is 6.06. The Morgan fingerprint density at radius 2 is 2.15 bits per heavy atom. The van der Waals surface area contributed by atoms with Gasteiger partial charge in [-0.1, -0.05) is 13.8 Å². The van der Waals surface area contributed by atoms with Crippen molar-refractivity contribution in [3.63, 3.8) is 0 Å². The van der Waals surface area contributed by atoms with E-state index in [0.717, 1.165) is 19.0 Å². The van der Waals surface area contributed by atoms with E-state index in [1.165, 1.54) is 5.69 Å². The molecule has 2 nitrogen and oxygen atoms in total. The van der Waals surface area contributed by atoms with Gasteiger partial charge in [-0.15, -0.1) is 12.4 Å². The van der Waals surface area contributed by atoms with Crippen LogP contribution in [-0.2, 0) is 13.6 Å². The van der Waals surface area contributed by atoms with Crippen molar-refractivity contribution in [1.82, 2.24) is 9.88 Å². The number of halogens is 1. The summed E-state index contributed by atoms with van der Waals surface area (Å²) in [6, 6.07) is 4.22. The molecule has 1 heterocycles. The third-order valence-electron chi connectivity index (χ3n) is 1.91. The van der Waals surface area contributed by atoms with Gasteiger partial charge in [0.05, 0.1) is 0 Å². The van der Waals surface area contributed by atoms with Crippen LogP contribution in [0.3, 0.4) is 0 Å². The minimum atomic E-state index is 0. The summed E-state index contributed by atoms with van der Waals surface area (Å²) in [4.78, 5) is 0. The van der Waals surface area contributed by atoms with E-state index in [0.29, 0.717) is 0 Å². The van der Waals surface area contributed by atoms with E-state index in [1.807, 2.05) is 0 Å². The highest BCUT2D eigenvalue weighted by atomic mass is 35.5. The maximum Gasteiger partial charge on any atom is 0.0359 e. The summed E-state index contributed by atoms with van der Waals surface area (Å²) in [6.45, 7) is 6.50. The Kier molecular flexibility index (Phi) is 5.84. The standard InChI is InChI=1S/C10H18N2.ClH/c1-9(2)7-11-8-10-5-4-6-12(10)3;/h4-6,9,11H,7-8H2,1-3H3;1H. The van der Waals surface area contributed by atoms with Crippen molar-refractivity contribution in [2.75, 3.05) is 6.54 Å². The molecule has 0 aliphatic rings. The van der Waals surface area contributed by atoms with E-state index in [-0.39, 0.29) is 12.4 Å². The first-order valence-electron chi connectivity index (χ1n) is 4.51. The van der Waals surface area contributed by atoms with Gasteiger partial charge in [0.15, 0.2) is 0 Å². The molecule has 1 aromatic rings. The van der Waals surface area contributed by atoms with Gasteiger partial charge in [0, 0.05) is 25.5 Å². The Balaban J connectivity index is 0.00000144. The Bertz CT molecular complexity index is 231. The Labute approximate surface area is 86.7 Å². The van der Waals surface area contributed by atoms with Crippen molar-refractivity contribution >= 4 is 12.4 Å². The Hall–Kier alpha value is -0.470. The Morgan fingerprint density at radius 3 is 2.62 bits per heavy atom. The SMILES string of the molecule is CC(C)CNCc1cccn1C.Cl. The summed E-state index contributed by atoms with van der Waals surface area (Å²) in [6.07, 6.45) is 2.08. The minimum Gasteiger partial charge on any atom is -0.353 e. The molecule has 0 aliphatic heterocycles. The highest BCUT2D eigenvalue weighted by Gasteiger charge is 1.96. The molecule has 0 spiro atoms. The number of hydrogen-bond acceptors (Lipinski definition) is 1. The van der Waals surface area contributed by atoms with E-state index < -0.39 is 0 Å². The molecule has 1 N–H and O–H groups in total. The summed E-state index contributed by atoms with van der Waals surface area (Å²) >= 11 is 0. The second-order valence-electron chi connectivity index (χ2n) is 3.64. The molecule has 3 heteroatoms. The normalized spacial score (nSPS) is 10.2. The van der Waals surface area contributed by atoms with E-state index in [9.17, 15) is 0 Å². The summed E-state index contributed by atoms with van der Waals surface area (Å²) in [5, 5.41) is 3.41. The van der Waals surface area contributed by atoms with Gasteiger partial charge in [0.2, 0.25) is 0 Å². The molecule has 0 aromatic carbocycles. The maximum absolute atomic E-state index is 3.41. The van der Waals surface area contributed by atoms with Crippen LogP contribution >= 0.6 is 12.4 Å². The van der Waals surface area contributed by atoms with E-state index in [4.69, 9.17) is 0 Å². The predicted octanol–water partition coefficient (Wildman–Crippen LogP) is 2.19. The molecular weight excluding hydrogens is 184 g/mol. The number of nitrogens with one attached hydrogen (secondary N) is 1. The van der Waals surface area contributed by atoms with Crippen LogP contribution in [0.2, 0.25) is 0 Å². The van der Waals surface area contributed by atoms with Crippen molar-refractivity contribution < 1.29 is 0 Å². The maximum atomic E-state index is 3.41. The van der Waals surface area contributed by atoms with Gasteiger partial charge in [0.1, 0.15) is 0 Å². The molecule has 13 heavy (non-hydrogen) atoms. The molecule has 0 aliphatic carbocycles. The van der Waals surface area contributed by atoms with Crippen LogP contribution in [-0.4, -0.2) is 11.1 Å². The zero-order valence-corrected chi connectivity index (χ0v) is 9.40. The minimum absolute atomic E-state index is 0. The van der Waals surface area contributed by atoms with Crippen LogP contribution < -0.4 is 5.32 Å². The summed E-state index contributed by atoms with van der Waals surface area (Å²) in [7, 11) is 2.08. The third kappa shape index (κ3) is 4.34. The zero-order valence-electron chi connectivity index (χ0n) is 8.58. The summed E-state index contributed by atoms with van der Waals surface area (Å²) in [5.41, 5.74) is 1.34. The van der Waals surface area contributed by atoms with Gasteiger partial charge in [0.25, 0.3) is 0 Å². The fourth-order valence-electron chi connectivity index (χ4n) is 1.17. The molecule has 0 bridgehead atoms. The summed E-state index contributed by atoms with van der Waals surface area (Å²) in [5.74, 6) is 0.727. The molecule has 0 fully saturated rings. The van der Waals surface area contributed by atoms with Crippen LogP contribution in [0.4, 0.5) is 0 Å². The van der Waals surface area contributed by atoms with Crippen molar-refractivity contribution in [1.29, 1.82) is 0 Å². The van der Waals surface area contributed by atoms with E-state index in [2.05, 4.69) is 49.1 Å². The lowest BCUT2D eigenvalue weighted by atomic mass is 10.2. The molecule has 1 aromatic heterocycles. The van der Waals surface area contributed by atoms with Crippen molar-refractivity contribution in [2.45, 2.75) is 20.4 Å². The average molecular weight is 203 g/mol. The molecule has 0 saturated carbocycles. The van der Waals surface area contributed by atoms with E-state index >= 15 is 0 Å². The smallest absolute Gasteiger partial charge is 0.0359 e. The van der Waals surface area contributed by atoms with Crippen molar-refractivity contribution in [3.05, 3.63) is 24.0 Å². The van der Waals surface area contributed by atoms with E-state index in [1.54, 1.807) is 0 Å². The van der Waals surface area contributed by atoms with Crippen molar-refractivity contribution in [2.24, 2.45) is 13.0 Å². The fraction of sp³-hybridized carbons (Fsp3) is 0.600. The van der Waals surface area contributed by atoms with Crippen LogP contribution in [0, 0.1) is 5.92 Å². The van der Waals surface area contributed by atoms with Crippen LogP contribution in [0.1, 0.15) is 19.5 Å². The lowest BCUT2D eigenvalue weighted by molar-refractivity contribution is 0.542. The lowest BCUT2D eigenvalue weighted by Crippen LogP contribution is -2.20. The molecule has 0 saturated heterocycles. The number of hydrogen-bond donors (Lipinski definition) is 1. The van der Waals surface area contributed by atoms with Gasteiger partial charge < -0.3 is 9.88 Å². The topological polar surface area (TPSA) is 17.0 Å². The largest absolute Gasteiger partial charge is 0.353 e. The third-order valence-corrected chi connectivity index (χ3v) is 1.91. The van der Waals surface area contributed by atoms with Crippen molar-refractivity contribution in [3.8, 4) is 0 Å². The molecule has 0 atom stereocenters. The number of nitrogens with zero attached hydrogens (tertiary/aromatic N) is 1. The molecule has 1 rings (SSSR count). The number of aryl methyl sites for hydroxylation is 1. The highest BCUT2D eigenvalue weighted by Crippen LogP contribution is 1.98. The molecule has 76 valence electrons. The van der Waals surface area contributed by atoms with Gasteiger partial charge in [-0.25, -0.2) is 0 Å². The van der Waals surface area contributed by atoms with Crippen LogP contribution in [0.15, 0.2) is 18.3 Å². The predicted molar refractivity (Wildman–Crippen MR) is 59.2 cm³/mol. The molecule has 0 amide bonds. The number of aromatic nitrogens is 1. The lowest BCUT2D eigenvalue weighted by Gasteiger charge is -2.07. The number of rotatable bonds is 4. The monoisotopic (exact) mass is 202 g/mol. The quantitative estimate of drug-likeness (QED) is 0.792.